The van der Waals surface area contributed by atoms with Crippen LogP contribution in [0.4, 0.5) is 0 Å². The molecule has 0 aliphatic carbocycles. The second-order valence-electron chi connectivity index (χ2n) is 4.48. The lowest BCUT2D eigenvalue weighted by Gasteiger charge is -2.15. The lowest BCUT2D eigenvalue weighted by molar-refractivity contribution is -0.120. The molecule has 0 radical (unpaired) electrons. The third kappa shape index (κ3) is 3.68. The molecule has 3 N–H and O–H groups in total. The number of nitrogens with two attached hydrogens (primary N) is 1. The molecular formula is C15H16N2O3S. The van der Waals surface area contributed by atoms with Crippen molar-refractivity contribution < 1.29 is 13.2 Å². The smallest absolute Gasteiger partial charge is 0.264 e. The molecule has 2 rings (SSSR count). The number of rotatable bonds is 5. The van der Waals surface area contributed by atoms with E-state index in [0.717, 1.165) is 0 Å². The van der Waals surface area contributed by atoms with Crippen molar-refractivity contribution in [1.82, 2.24) is 4.72 Å². The Balaban J connectivity index is 2.21. The van der Waals surface area contributed by atoms with Crippen LogP contribution in [0.3, 0.4) is 0 Å². The Kier molecular flexibility index (Phi) is 4.72. The van der Waals surface area contributed by atoms with Gasteiger partial charge in [0.25, 0.3) is 10.0 Å². The number of benzene rings is 2. The van der Waals surface area contributed by atoms with Gasteiger partial charge < -0.3 is 5.73 Å². The van der Waals surface area contributed by atoms with Gasteiger partial charge in [0.1, 0.15) is 0 Å². The van der Waals surface area contributed by atoms with Gasteiger partial charge in [0, 0.05) is 6.54 Å². The summed E-state index contributed by atoms with van der Waals surface area (Å²) < 4.78 is 26.3. The summed E-state index contributed by atoms with van der Waals surface area (Å²) in [5.74, 6) is -1.34. The summed E-state index contributed by atoms with van der Waals surface area (Å²) >= 11 is 0. The van der Waals surface area contributed by atoms with Crippen molar-refractivity contribution in [2.24, 2.45) is 5.73 Å². The molecule has 0 aromatic heterocycles. The largest absolute Gasteiger partial charge is 0.329 e. The lowest BCUT2D eigenvalue weighted by atomic mass is 9.99. The molecule has 5 nitrogen and oxygen atoms in total. The average Bonchev–Trinajstić information content (AvgIpc) is 2.49. The minimum absolute atomic E-state index is 0.0279. The van der Waals surface area contributed by atoms with Crippen LogP contribution < -0.4 is 10.5 Å². The first-order chi connectivity index (χ1) is 10.0. The molecule has 1 unspecified atom stereocenters. The van der Waals surface area contributed by atoms with Gasteiger partial charge in [-0.1, -0.05) is 48.5 Å². The first kappa shape index (κ1) is 15.2. The number of carbonyl (C=O) groups excluding carboxylic acids is 1. The van der Waals surface area contributed by atoms with Crippen LogP contribution in [0.25, 0.3) is 0 Å². The highest BCUT2D eigenvalue weighted by Crippen LogP contribution is 2.16. The Morgan fingerprint density at radius 3 is 2.05 bits per heavy atom. The van der Waals surface area contributed by atoms with Crippen molar-refractivity contribution in [1.29, 1.82) is 0 Å². The standard InChI is InChI=1S/C15H16N2O3S/c16-11-14(12-7-3-1-4-8-12)15(18)17-21(19,20)13-9-5-2-6-10-13/h1-10,14H,11,16H2,(H,17,18). The van der Waals surface area contributed by atoms with Crippen molar-refractivity contribution >= 4 is 15.9 Å². The quantitative estimate of drug-likeness (QED) is 0.869. The Labute approximate surface area is 123 Å². The van der Waals surface area contributed by atoms with Gasteiger partial charge in [-0.3, -0.25) is 4.79 Å². The van der Waals surface area contributed by atoms with Crippen molar-refractivity contribution in [3.8, 4) is 0 Å². The minimum Gasteiger partial charge on any atom is -0.329 e. The summed E-state index contributed by atoms with van der Waals surface area (Å²) in [5, 5.41) is 0. The Bertz CT molecular complexity index is 700. The van der Waals surface area contributed by atoms with E-state index >= 15 is 0 Å². The molecule has 6 heteroatoms. The van der Waals surface area contributed by atoms with E-state index in [4.69, 9.17) is 5.73 Å². The first-order valence-electron chi connectivity index (χ1n) is 6.41. The molecule has 0 heterocycles. The van der Waals surface area contributed by atoms with Gasteiger partial charge in [0.05, 0.1) is 10.8 Å². The highest BCUT2D eigenvalue weighted by atomic mass is 32.2. The molecular weight excluding hydrogens is 288 g/mol. The fourth-order valence-corrected chi connectivity index (χ4v) is 2.98. The predicted molar refractivity (Wildman–Crippen MR) is 80.0 cm³/mol. The third-order valence-corrected chi connectivity index (χ3v) is 4.41. The number of carbonyl (C=O) groups is 1. The summed E-state index contributed by atoms with van der Waals surface area (Å²) in [6.07, 6.45) is 0. The van der Waals surface area contributed by atoms with Crippen LogP contribution in [0, 0.1) is 0 Å². The Morgan fingerprint density at radius 2 is 1.52 bits per heavy atom. The molecule has 0 aliphatic heterocycles. The second kappa shape index (κ2) is 6.51. The molecule has 0 aliphatic rings. The van der Waals surface area contributed by atoms with Crippen molar-refractivity contribution in [3.05, 3.63) is 66.2 Å². The van der Waals surface area contributed by atoms with Crippen LogP contribution in [0.15, 0.2) is 65.6 Å². The van der Waals surface area contributed by atoms with Gasteiger partial charge in [-0.05, 0) is 17.7 Å². The van der Waals surface area contributed by atoms with E-state index in [1.807, 2.05) is 6.07 Å². The van der Waals surface area contributed by atoms with E-state index in [9.17, 15) is 13.2 Å². The van der Waals surface area contributed by atoms with Crippen molar-refractivity contribution in [3.63, 3.8) is 0 Å². The number of hydrogen-bond acceptors (Lipinski definition) is 4. The zero-order valence-corrected chi connectivity index (χ0v) is 12.1. The summed E-state index contributed by atoms with van der Waals surface area (Å²) in [6, 6.07) is 16.6. The first-order valence-corrected chi connectivity index (χ1v) is 7.89. The Morgan fingerprint density at radius 1 is 1.00 bits per heavy atom. The van der Waals surface area contributed by atoms with Crippen LogP contribution in [0.2, 0.25) is 0 Å². The van der Waals surface area contributed by atoms with Crippen LogP contribution in [-0.4, -0.2) is 20.9 Å². The van der Waals surface area contributed by atoms with Gasteiger partial charge in [-0.15, -0.1) is 0 Å². The average molecular weight is 304 g/mol. The fraction of sp³-hybridized carbons (Fsp3) is 0.133. The SMILES string of the molecule is NCC(C(=O)NS(=O)(=O)c1ccccc1)c1ccccc1. The predicted octanol–water partition coefficient (Wildman–Crippen LogP) is 1.23. The zero-order chi connectivity index (χ0) is 15.3. The molecule has 0 saturated heterocycles. The molecule has 0 spiro atoms. The summed E-state index contributed by atoms with van der Waals surface area (Å²) in [6.45, 7) is 0.0279. The third-order valence-electron chi connectivity index (χ3n) is 3.04. The highest BCUT2D eigenvalue weighted by molar-refractivity contribution is 7.90. The lowest BCUT2D eigenvalue weighted by Crippen LogP contribution is -2.37. The van der Waals surface area contributed by atoms with E-state index in [-0.39, 0.29) is 11.4 Å². The van der Waals surface area contributed by atoms with Gasteiger partial charge >= 0.3 is 0 Å². The van der Waals surface area contributed by atoms with E-state index in [1.54, 1.807) is 42.5 Å². The molecule has 1 atom stereocenters. The summed E-state index contributed by atoms with van der Waals surface area (Å²) in [5.41, 5.74) is 6.29. The summed E-state index contributed by atoms with van der Waals surface area (Å²) in [7, 11) is -3.88. The van der Waals surface area contributed by atoms with Crippen molar-refractivity contribution in [2.45, 2.75) is 10.8 Å². The maximum absolute atomic E-state index is 12.2. The van der Waals surface area contributed by atoms with Crippen LogP contribution >= 0.6 is 0 Å². The van der Waals surface area contributed by atoms with E-state index < -0.39 is 21.8 Å². The molecule has 110 valence electrons. The maximum Gasteiger partial charge on any atom is 0.264 e. The van der Waals surface area contributed by atoms with E-state index in [0.29, 0.717) is 5.56 Å². The normalized spacial score (nSPS) is 12.6. The molecule has 2 aromatic carbocycles. The highest BCUT2D eigenvalue weighted by Gasteiger charge is 2.24. The molecule has 0 bridgehead atoms. The Hall–Kier alpha value is -2.18. The number of sulfonamides is 1. The van der Waals surface area contributed by atoms with Gasteiger partial charge in [0.2, 0.25) is 5.91 Å². The van der Waals surface area contributed by atoms with Crippen LogP contribution in [-0.2, 0) is 14.8 Å². The molecule has 1 amide bonds. The maximum atomic E-state index is 12.2. The van der Waals surface area contributed by atoms with E-state index in [2.05, 4.69) is 4.72 Å². The molecule has 21 heavy (non-hydrogen) atoms. The van der Waals surface area contributed by atoms with Crippen molar-refractivity contribution in [2.75, 3.05) is 6.54 Å². The number of hydrogen-bond donors (Lipinski definition) is 2. The summed E-state index contributed by atoms with van der Waals surface area (Å²) in [4.78, 5) is 12.2. The topological polar surface area (TPSA) is 89.3 Å². The van der Waals surface area contributed by atoms with Crippen LogP contribution in [0.1, 0.15) is 11.5 Å². The fourth-order valence-electron chi connectivity index (χ4n) is 1.94. The molecule has 0 fully saturated rings. The van der Waals surface area contributed by atoms with Crippen LogP contribution in [0.5, 0.6) is 0 Å². The van der Waals surface area contributed by atoms with E-state index in [1.165, 1.54) is 12.1 Å². The number of amides is 1. The van der Waals surface area contributed by atoms with Gasteiger partial charge in [0.15, 0.2) is 0 Å². The number of nitrogens with one attached hydrogen (secondary N) is 1. The molecule has 2 aromatic rings. The monoisotopic (exact) mass is 304 g/mol. The van der Waals surface area contributed by atoms with Gasteiger partial charge in [-0.2, -0.15) is 0 Å². The zero-order valence-electron chi connectivity index (χ0n) is 11.3. The van der Waals surface area contributed by atoms with Gasteiger partial charge in [-0.25, -0.2) is 13.1 Å². The molecule has 0 saturated carbocycles. The minimum atomic E-state index is -3.88. The second-order valence-corrected chi connectivity index (χ2v) is 6.16.